The zero-order chi connectivity index (χ0) is 14.7. The van der Waals surface area contributed by atoms with E-state index in [9.17, 15) is 9.18 Å². The van der Waals surface area contributed by atoms with E-state index in [2.05, 4.69) is 10.4 Å². The minimum atomic E-state index is -0.660. The fourth-order valence-corrected chi connectivity index (χ4v) is 1.86. The SMILES string of the molecule is COc1cccc(F)c1C(=O)Nc1nn(C)cc1CN. The molecular formula is C13H15FN4O2. The highest BCUT2D eigenvalue weighted by Crippen LogP contribution is 2.23. The molecule has 0 aliphatic heterocycles. The van der Waals surface area contributed by atoms with Crippen LogP contribution in [0.2, 0.25) is 0 Å². The van der Waals surface area contributed by atoms with Crippen LogP contribution in [0.4, 0.5) is 10.2 Å². The minimum Gasteiger partial charge on any atom is -0.496 e. The molecule has 2 aromatic rings. The highest BCUT2D eigenvalue weighted by atomic mass is 19.1. The van der Waals surface area contributed by atoms with Crippen LogP contribution in [0.3, 0.4) is 0 Å². The van der Waals surface area contributed by atoms with Crippen molar-refractivity contribution in [1.82, 2.24) is 9.78 Å². The summed E-state index contributed by atoms with van der Waals surface area (Å²) < 4.78 is 20.3. The Labute approximate surface area is 115 Å². The molecular weight excluding hydrogens is 263 g/mol. The summed E-state index contributed by atoms with van der Waals surface area (Å²) in [5.41, 5.74) is 6.06. The molecule has 1 heterocycles. The number of rotatable bonds is 4. The number of hydrogen-bond donors (Lipinski definition) is 2. The standard InChI is InChI=1S/C13H15FN4O2/c1-18-7-8(6-15)12(17-18)16-13(19)11-9(14)4-3-5-10(11)20-2/h3-5,7H,6,15H2,1-2H3,(H,16,17,19). The fraction of sp³-hybridized carbons (Fsp3) is 0.231. The number of carbonyl (C=O) groups is 1. The Kier molecular flexibility index (Phi) is 3.99. The highest BCUT2D eigenvalue weighted by molar-refractivity contribution is 6.06. The third kappa shape index (κ3) is 2.62. The zero-order valence-corrected chi connectivity index (χ0v) is 11.2. The van der Waals surface area contributed by atoms with Gasteiger partial charge in [-0.25, -0.2) is 4.39 Å². The first-order valence-corrected chi connectivity index (χ1v) is 5.93. The third-order valence-electron chi connectivity index (χ3n) is 2.78. The summed E-state index contributed by atoms with van der Waals surface area (Å²) in [4.78, 5) is 12.2. The number of aromatic nitrogens is 2. The molecule has 0 spiro atoms. The molecule has 3 N–H and O–H groups in total. The van der Waals surface area contributed by atoms with Crippen LogP contribution < -0.4 is 15.8 Å². The van der Waals surface area contributed by atoms with Gasteiger partial charge in [0.2, 0.25) is 0 Å². The van der Waals surface area contributed by atoms with Crippen molar-refractivity contribution in [3.05, 3.63) is 41.3 Å². The molecule has 0 saturated heterocycles. The van der Waals surface area contributed by atoms with Crippen molar-refractivity contribution in [2.24, 2.45) is 12.8 Å². The van der Waals surface area contributed by atoms with E-state index in [1.807, 2.05) is 0 Å². The molecule has 1 aromatic heterocycles. The summed E-state index contributed by atoms with van der Waals surface area (Å²) in [5, 5.41) is 6.62. The number of ether oxygens (including phenoxy) is 1. The summed E-state index contributed by atoms with van der Waals surface area (Å²) in [5.74, 6) is -0.821. The molecule has 0 fully saturated rings. The van der Waals surface area contributed by atoms with Crippen LogP contribution in [0.15, 0.2) is 24.4 Å². The van der Waals surface area contributed by atoms with E-state index >= 15 is 0 Å². The topological polar surface area (TPSA) is 82.2 Å². The van der Waals surface area contributed by atoms with Gasteiger partial charge in [0, 0.05) is 25.4 Å². The van der Waals surface area contributed by atoms with Crippen LogP contribution in [0.5, 0.6) is 5.75 Å². The number of halogens is 1. The fourth-order valence-electron chi connectivity index (χ4n) is 1.86. The molecule has 0 aliphatic rings. The second-order valence-electron chi connectivity index (χ2n) is 4.15. The number of nitrogens with zero attached hydrogens (tertiary/aromatic N) is 2. The number of nitrogens with two attached hydrogens (primary N) is 1. The first-order valence-electron chi connectivity index (χ1n) is 5.93. The average Bonchev–Trinajstić information content (AvgIpc) is 2.78. The summed E-state index contributed by atoms with van der Waals surface area (Å²) in [6.07, 6.45) is 1.69. The molecule has 0 atom stereocenters. The predicted molar refractivity (Wildman–Crippen MR) is 72.0 cm³/mol. The van der Waals surface area contributed by atoms with E-state index < -0.39 is 11.7 Å². The van der Waals surface area contributed by atoms with Crippen LogP contribution in [0, 0.1) is 5.82 Å². The maximum Gasteiger partial charge on any atom is 0.263 e. The lowest BCUT2D eigenvalue weighted by Gasteiger charge is -2.09. The molecule has 106 valence electrons. The third-order valence-corrected chi connectivity index (χ3v) is 2.78. The Morgan fingerprint density at radius 3 is 2.95 bits per heavy atom. The van der Waals surface area contributed by atoms with Gasteiger partial charge >= 0.3 is 0 Å². The van der Waals surface area contributed by atoms with Gasteiger partial charge in [0.15, 0.2) is 5.82 Å². The van der Waals surface area contributed by atoms with Crippen molar-refractivity contribution in [1.29, 1.82) is 0 Å². The van der Waals surface area contributed by atoms with Crippen LogP contribution in [0.25, 0.3) is 0 Å². The number of amides is 1. The van der Waals surface area contributed by atoms with Crippen LogP contribution in [0.1, 0.15) is 15.9 Å². The van der Waals surface area contributed by atoms with Gasteiger partial charge in [-0.2, -0.15) is 5.10 Å². The Bertz CT molecular complexity index is 639. The van der Waals surface area contributed by atoms with Gasteiger partial charge in [-0.3, -0.25) is 9.48 Å². The summed E-state index contributed by atoms with van der Waals surface area (Å²) in [6, 6.07) is 4.18. The van der Waals surface area contributed by atoms with Crippen molar-refractivity contribution in [2.75, 3.05) is 12.4 Å². The van der Waals surface area contributed by atoms with Gasteiger partial charge in [0.05, 0.1) is 7.11 Å². The Hall–Kier alpha value is -2.41. The maximum atomic E-state index is 13.8. The van der Waals surface area contributed by atoms with E-state index in [-0.39, 0.29) is 17.9 Å². The van der Waals surface area contributed by atoms with Crippen molar-refractivity contribution in [2.45, 2.75) is 6.54 Å². The first-order chi connectivity index (χ1) is 9.56. The number of anilines is 1. The van der Waals surface area contributed by atoms with Gasteiger partial charge in [0.1, 0.15) is 17.1 Å². The molecule has 20 heavy (non-hydrogen) atoms. The quantitative estimate of drug-likeness (QED) is 0.882. The van der Waals surface area contributed by atoms with Gasteiger partial charge in [-0.15, -0.1) is 0 Å². The van der Waals surface area contributed by atoms with Gasteiger partial charge in [-0.1, -0.05) is 6.07 Å². The van der Waals surface area contributed by atoms with E-state index in [4.69, 9.17) is 10.5 Å². The number of nitrogens with one attached hydrogen (secondary N) is 1. The molecule has 0 bridgehead atoms. The lowest BCUT2D eigenvalue weighted by molar-refractivity contribution is 0.101. The van der Waals surface area contributed by atoms with E-state index in [0.717, 1.165) is 0 Å². The molecule has 1 amide bonds. The normalized spacial score (nSPS) is 10.4. The van der Waals surface area contributed by atoms with E-state index in [1.54, 1.807) is 13.2 Å². The zero-order valence-electron chi connectivity index (χ0n) is 11.2. The maximum absolute atomic E-state index is 13.8. The number of hydrogen-bond acceptors (Lipinski definition) is 4. The first kappa shape index (κ1) is 14.0. The summed E-state index contributed by atoms with van der Waals surface area (Å²) in [7, 11) is 3.08. The monoisotopic (exact) mass is 278 g/mol. The summed E-state index contributed by atoms with van der Waals surface area (Å²) in [6.45, 7) is 0.220. The second-order valence-corrected chi connectivity index (χ2v) is 4.15. The van der Waals surface area contributed by atoms with E-state index in [1.165, 1.54) is 30.0 Å². The number of methoxy groups -OCH3 is 1. The van der Waals surface area contributed by atoms with Gasteiger partial charge in [0.25, 0.3) is 5.91 Å². The highest BCUT2D eigenvalue weighted by Gasteiger charge is 2.19. The van der Waals surface area contributed by atoms with Crippen LogP contribution in [-0.2, 0) is 13.6 Å². The summed E-state index contributed by atoms with van der Waals surface area (Å²) >= 11 is 0. The number of benzene rings is 1. The Balaban J connectivity index is 2.33. The molecule has 1 aromatic carbocycles. The van der Waals surface area contributed by atoms with Crippen LogP contribution >= 0.6 is 0 Å². The number of aryl methyl sites for hydroxylation is 1. The second kappa shape index (κ2) is 5.70. The van der Waals surface area contributed by atoms with Crippen molar-refractivity contribution >= 4 is 11.7 Å². The Morgan fingerprint density at radius 1 is 1.55 bits per heavy atom. The number of carbonyl (C=O) groups excluding carboxylic acids is 1. The van der Waals surface area contributed by atoms with Crippen molar-refractivity contribution in [3.8, 4) is 5.75 Å². The van der Waals surface area contributed by atoms with Gasteiger partial charge in [-0.05, 0) is 12.1 Å². The Morgan fingerprint density at radius 2 is 2.30 bits per heavy atom. The molecule has 0 unspecified atom stereocenters. The molecule has 0 saturated carbocycles. The molecule has 7 heteroatoms. The molecule has 0 radical (unpaired) electrons. The minimum absolute atomic E-state index is 0.160. The van der Waals surface area contributed by atoms with E-state index in [0.29, 0.717) is 11.4 Å². The lowest BCUT2D eigenvalue weighted by atomic mass is 10.1. The molecule has 0 aliphatic carbocycles. The lowest BCUT2D eigenvalue weighted by Crippen LogP contribution is -2.17. The molecule has 2 rings (SSSR count). The van der Waals surface area contributed by atoms with Gasteiger partial charge < -0.3 is 15.8 Å². The average molecular weight is 278 g/mol. The smallest absolute Gasteiger partial charge is 0.263 e. The largest absolute Gasteiger partial charge is 0.496 e. The molecule has 6 nitrogen and oxygen atoms in total. The van der Waals surface area contributed by atoms with Crippen molar-refractivity contribution < 1.29 is 13.9 Å². The predicted octanol–water partition coefficient (Wildman–Crippen LogP) is 1.28. The van der Waals surface area contributed by atoms with Crippen molar-refractivity contribution in [3.63, 3.8) is 0 Å². The van der Waals surface area contributed by atoms with Crippen LogP contribution in [-0.4, -0.2) is 22.8 Å².